The molecule has 0 aromatic heterocycles. The summed E-state index contributed by atoms with van der Waals surface area (Å²) in [7, 11) is -3.82. The van der Waals surface area contributed by atoms with Crippen LogP contribution in [0.2, 0.25) is 10.0 Å². The third-order valence-electron chi connectivity index (χ3n) is 4.28. The summed E-state index contributed by atoms with van der Waals surface area (Å²) in [5.74, 6) is -0.504. The molecule has 1 fully saturated rings. The third-order valence-corrected chi connectivity index (χ3v) is 7.16. The Morgan fingerprint density at radius 1 is 1.07 bits per heavy atom. The van der Waals surface area contributed by atoms with Gasteiger partial charge in [-0.3, -0.25) is 4.79 Å². The Labute approximate surface area is 172 Å². The monoisotopic (exact) mass is 446 g/mol. The first-order valence-electron chi connectivity index (χ1n) is 8.39. The third kappa shape index (κ3) is 4.57. The van der Waals surface area contributed by atoms with Gasteiger partial charge in [0.2, 0.25) is 10.0 Å². The summed E-state index contributed by atoms with van der Waals surface area (Å²) in [6, 6.07) is 9.93. The first-order chi connectivity index (χ1) is 13.3. The van der Waals surface area contributed by atoms with Crippen LogP contribution in [-0.4, -0.2) is 56.3 Å². The summed E-state index contributed by atoms with van der Waals surface area (Å²) in [5.41, 5.74) is 0. The summed E-state index contributed by atoms with van der Waals surface area (Å²) in [6.45, 7) is 0.412. The van der Waals surface area contributed by atoms with E-state index in [1.807, 2.05) is 0 Å². The van der Waals surface area contributed by atoms with Crippen molar-refractivity contribution in [3.05, 3.63) is 58.3 Å². The Bertz CT molecular complexity index is 979. The highest BCUT2D eigenvalue weighted by atomic mass is 35.5. The molecular formula is C18H17Cl2FN2O4S. The zero-order chi connectivity index (χ0) is 20.3. The molecule has 1 amide bonds. The standard InChI is InChI=1S/C18H17Cl2FN2O4S/c19-15-5-2-6-16(18(15)20)28(25,26)23-9-7-22(8-10-23)17(24)12-27-14-4-1-3-13(21)11-14/h1-6,11H,7-10,12H2. The lowest BCUT2D eigenvalue weighted by atomic mass is 10.3. The van der Waals surface area contributed by atoms with Crippen LogP contribution in [0, 0.1) is 5.82 Å². The van der Waals surface area contributed by atoms with Gasteiger partial charge in [-0.2, -0.15) is 4.31 Å². The maximum Gasteiger partial charge on any atom is 0.260 e. The van der Waals surface area contributed by atoms with Crippen LogP contribution in [0.1, 0.15) is 0 Å². The van der Waals surface area contributed by atoms with E-state index in [4.69, 9.17) is 27.9 Å². The molecule has 150 valence electrons. The lowest BCUT2D eigenvalue weighted by molar-refractivity contribution is -0.134. The topological polar surface area (TPSA) is 66.9 Å². The fourth-order valence-corrected chi connectivity index (χ4v) is 4.95. The highest BCUT2D eigenvalue weighted by Crippen LogP contribution is 2.31. The maximum absolute atomic E-state index is 13.1. The lowest BCUT2D eigenvalue weighted by Crippen LogP contribution is -2.51. The Morgan fingerprint density at radius 3 is 2.43 bits per heavy atom. The van der Waals surface area contributed by atoms with E-state index in [2.05, 4.69) is 0 Å². The number of rotatable bonds is 5. The molecule has 0 N–H and O–H groups in total. The number of hydrogen-bond acceptors (Lipinski definition) is 4. The van der Waals surface area contributed by atoms with Gasteiger partial charge < -0.3 is 9.64 Å². The van der Waals surface area contributed by atoms with Crippen LogP contribution < -0.4 is 4.74 Å². The van der Waals surface area contributed by atoms with Gasteiger partial charge in [0.05, 0.1) is 10.0 Å². The van der Waals surface area contributed by atoms with Crippen molar-refractivity contribution < 1.29 is 22.3 Å². The van der Waals surface area contributed by atoms with E-state index in [-0.39, 0.29) is 59.4 Å². The van der Waals surface area contributed by atoms with Crippen molar-refractivity contribution in [2.75, 3.05) is 32.8 Å². The van der Waals surface area contributed by atoms with Gasteiger partial charge in [-0.1, -0.05) is 35.3 Å². The van der Waals surface area contributed by atoms with Gasteiger partial charge in [0.25, 0.3) is 5.91 Å². The van der Waals surface area contributed by atoms with Gasteiger partial charge in [-0.05, 0) is 24.3 Å². The van der Waals surface area contributed by atoms with Gasteiger partial charge >= 0.3 is 0 Å². The largest absolute Gasteiger partial charge is 0.484 e. The summed E-state index contributed by atoms with van der Waals surface area (Å²) in [5, 5.41) is 0.136. The quantitative estimate of drug-likeness (QED) is 0.707. The molecule has 3 rings (SSSR count). The second kappa shape index (κ2) is 8.65. The van der Waals surface area contributed by atoms with Crippen LogP contribution >= 0.6 is 23.2 Å². The summed E-state index contributed by atoms with van der Waals surface area (Å²) < 4.78 is 45.3. The van der Waals surface area contributed by atoms with E-state index in [0.29, 0.717) is 0 Å². The molecule has 2 aromatic rings. The zero-order valence-corrected chi connectivity index (χ0v) is 17.0. The Morgan fingerprint density at radius 2 is 1.75 bits per heavy atom. The molecule has 0 saturated carbocycles. The molecule has 0 atom stereocenters. The fraction of sp³-hybridized carbons (Fsp3) is 0.278. The molecule has 10 heteroatoms. The highest BCUT2D eigenvalue weighted by molar-refractivity contribution is 7.89. The van der Waals surface area contributed by atoms with Crippen LogP contribution in [0.15, 0.2) is 47.4 Å². The van der Waals surface area contributed by atoms with E-state index in [1.165, 1.54) is 45.6 Å². The first kappa shape index (κ1) is 20.9. The van der Waals surface area contributed by atoms with E-state index >= 15 is 0 Å². The number of benzene rings is 2. The molecule has 0 radical (unpaired) electrons. The van der Waals surface area contributed by atoms with Gasteiger partial charge in [0.1, 0.15) is 16.5 Å². The Hall–Kier alpha value is -1.87. The number of carbonyl (C=O) groups excluding carboxylic acids is 1. The molecule has 2 aromatic carbocycles. The van der Waals surface area contributed by atoms with Crippen LogP contribution in [-0.2, 0) is 14.8 Å². The number of halogens is 3. The van der Waals surface area contributed by atoms with Crippen molar-refractivity contribution in [1.29, 1.82) is 0 Å². The summed E-state index contributed by atoms with van der Waals surface area (Å²) in [6.07, 6.45) is 0. The minimum absolute atomic E-state index is 0.0221. The Balaban J connectivity index is 1.59. The van der Waals surface area contributed by atoms with E-state index in [9.17, 15) is 17.6 Å². The molecule has 6 nitrogen and oxygen atoms in total. The minimum Gasteiger partial charge on any atom is -0.484 e. The van der Waals surface area contributed by atoms with Crippen molar-refractivity contribution in [2.45, 2.75) is 4.90 Å². The molecule has 1 aliphatic rings. The zero-order valence-electron chi connectivity index (χ0n) is 14.6. The van der Waals surface area contributed by atoms with Crippen molar-refractivity contribution in [1.82, 2.24) is 9.21 Å². The molecule has 1 heterocycles. The smallest absolute Gasteiger partial charge is 0.260 e. The van der Waals surface area contributed by atoms with Crippen LogP contribution in [0.5, 0.6) is 5.75 Å². The highest BCUT2D eigenvalue weighted by Gasteiger charge is 2.32. The second-order valence-electron chi connectivity index (χ2n) is 6.08. The normalized spacial score (nSPS) is 15.5. The number of nitrogens with zero attached hydrogens (tertiary/aromatic N) is 2. The number of sulfonamides is 1. The van der Waals surface area contributed by atoms with Gasteiger partial charge in [-0.15, -0.1) is 0 Å². The SMILES string of the molecule is O=C(COc1cccc(F)c1)N1CCN(S(=O)(=O)c2cccc(Cl)c2Cl)CC1. The summed E-state index contributed by atoms with van der Waals surface area (Å²) >= 11 is 12.0. The van der Waals surface area contributed by atoms with Crippen molar-refractivity contribution in [2.24, 2.45) is 0 Å². The van der Waals surface area contributed by atoms with E-state index < -0.39 is 15.8 Å². The summed E-state index contributed by atoms with van der Waals surface area (Å²) in [4.78, 5) is 13.7. The van der Waals surface area contributed by atoms with Crippen LogP contribution in [0.4, 0.5) is 4.39 Å². The number of piperazine rings is 1. The molecule has 0 bridgehead atoms. The number of carbonyl (C=O) groups is 1. The van der Waals surface area contributed by atoms with Gasteiger partial charge in [-0.25, -0.2) is 12.8 Å². The molecule has 0 aliphatic carbocycles. The van der Waals surface area contributed by atoms with E-state index in [0.717, 1.165) is 0 Å². The average Bonchev–Trinajstić information content (AvgIpc) is 2.68. The number of ether oxygens (including phenoxy) is 1. The average molecular weight is 447 g/mol. The molecule has 0 unspecified atom stereocenters. The van der Waals surface area contributed by atoms with Crippen molar-refractivity contribution >= 4 is 39.1 Å². The second-order valence-corrected chi connectivity index (χ2v) is 8.77. The Kier molecular flexibility index (Phi) is 6.44. The molecule has 1 aliphatic heterocycles. The lowest BCUT2D eigenvalue weighted by Gasteiger charge is -2.34. The van der Waals surface area contributed by atoms with Gasteiger partial charge in [0, 0.05) is 32.2 Å². The minimum atomic E-state index is -3.82. The number of amides is 1. The van der Waals surface area contributed by atoms with Crippen molar-refractivity contribution in [3.8, 4) is 5.75 Å². The number of hydrogen-bond donors (Lipinski definition) is 0. The van der Waals surface area contributed by atoms with Crippen molar-refractivity contribution in [3.63, 3.8) is 0 Å². The van der Waals surface area contributed by atoms with E-state index in [1.54, 1.807) is 6.07 Å². The van der Waals surface area contributed by atoms with Crippen LogP contribution in [0.25, 0.3) is 0 Å². The predicted octanol–water partition coefficient (Wildman–Crippen LogP) is 3.04. The first-order valence-corrected chi connectivity index (χ1v) is 10.6. The molecule has 1 saturated heterocycles. The van der Waals surface area contributed by atoms with Gasteiger partial charge in [0.15, 0.2) is 6.61 Å². The molecule has 0 spiro atoms. The molecule has 28 heavy (non-hydrogen) atoms. The van der Waals surface area contributed by atoms with Crippen LogP contribution in [0.3, 0.4) is 0 Å². The predicted molar refractivity (Wildman–Crippen MR) is 104 cm³/mol. The molecular weight excluding hydrogens is 430 g/mol. The fourth-order valence-electron chi connectivity index (χ4n) is 2.79. The maximum atomic E-state index is 13.1.